The largest absolute Gasteiger partial charge is 0.353 e. The molecule has 5 nitrogen and oxygen atoms in total. The Balaban J connectivity index is 2.19. The zero-order valence-corrected chi connectivity index (χ0v) is 17.4. The van der Waals surface area contributed by atoms with Gasteiger partial charge < -0.3 is 5.32 Å². The molecular formula is C14H11ClF2IN4OPS. The highest BCUT2D eigenvalue weighted by atomic mass is 127. The SMILES string of the molecule is CS(=O)c1ccccc1Nc1cc(Cl)nc2c1nc(C(F)F)n2PI. The van der Waals surface area contributed by atoms with Gasteiger partial charge in [0.1, 0.15) is 10.7 Å². The molecular weight excluding hydrogens is 504 g/mol. The number of rotatable bonds is 5. The summed E-state index contributed by atoms with van der Waals surface area (Å²) in [5.41, 5.74) is 1.61. The number of alkyl halides is 2. The topological polar surface area (TPSA) is 59.8 Å². The van der Waals surface area contributed by atoms with Crippen LogP contribution in [0.2, 0.25) is 5.15 Å². The number of nitrogens with one attached hydrogen (secondary N) is 1. The van der Waals surface area contributed by atoms with Gasteiger partial charge in [0.2, 0.25) is 0 Å². The molecule has 2 heterocycles. The fourth-order valence-electron chi connectivity index (χ4n) is 2.32. The van der Waals surface area contributed by atoms with Crippen LogP contribution in [0.25, 0.3) is 11.2 Å². The quantitative estimate of drug-likeness (QED) is 0.285. The summed E-state index contributed by atoms with van der Waals surface area (Å²) < 4.78 is 39.8. The van der Waals surface area contributed by atoms with Gasteiger partial charge in [-0.25, -0.2) is 18.7 Å². The van der Waals surface area contributed by atoms with E-state index in [1.165, 1.54) is 10.4 Å². The molecule has 0 aliphatic heterocycles. The van der Waals surface area contributed by atoms with Crippen molar-refractivity contribution in [2.75, 3.05) is 11.6 Å². The first-order valence-electron chi connectivity index (χ1n) is 6.85. The highest BCUT2D eigenvalue weighted by Crippen LogP contribution is 2.38. The summed E-state index contributed by atoms with van der Waals surface area (Å²) in [6.07, 6.45) is -1.16. The van der Waals surface area contributed by atoms with Crippen LogP contribution in [0.1, 0.15) is 12.2 Å². The number of anilines is 2. The van der Waals surface area contributed by atoms with Gasteiger partial charge in [0.15, 0.2) is 11.5 Å². The molecule has 0 aliphatic carbocycles. The maximum absolute atomic E-state index is 13.3. The first-order valence-corrected chi connectivity index (χ1v) is 12.8. The van der Waals surface area contributed by atoms with E-state index in [2.05, 4.69) is 15.3 Å². The molecule has 3 aromatic rings. The number of nitrogens with zero attached hydrogens (tertiary/aromatic N) is 3. The molecule has 1 aromatic carbocycles. The van der Waals surface area contributed by atoms with Crippen LogP contribution in [0, 0.1) is 0 Å². The van der Waals surface area contributed by atoms with Crippen LogP contribution in [-0.2, 0) is 10.8 Å². The van der Waals surface area contributed by atoms with E-state index in [0.29, 0.717) is 21.8 Å². The lowest BCUT2D eigenvalue weighted by Crippen LogP contribution is -1.99. The average molecular weight is 515 g/mol. The Morgan fingerprint density at radius 1 is 1.32 bits per heavy atom. The molecule has 25 heavy (non-hydrogen) atoms. The molecule has 0 amide bonds. The highest BCUT2D eigenvalue weighted by molar-refractivity contribution is 14.2. The molecule has 11 heteroatoms. The molecule has 0 saturated carbocycles. The smallest absolute Gasteiger partial charge is 0.295 e. The number of fused-ring (bicyclic) bond motifs is 1. The van der Waals surface area contributed by atoms with Crippen molar-refractivity contribution in [3.63, 3.8) is 0 Å². The second kappa shape index (κ2) is 7.77. The van der Waals surface area contributed by atoms with E-state index in [0.717, 1.165) is 0 Å². The maximum atomic E-state index is 13.3. The van der Waals surface area contributed by atoms with E-state index in [-0.39, 0.29) is 23.0 Å². The Morgan fingerprint density at radius 3 is 2.68 bits per heavy atom. The molecule has 132 valence electrons. The molecule has 0 radical (unpaired) electrons. The number of imidazole rings is 1. The van der Waals surface area contributed by atoms with E-state index in [9.17, 15) is 13.0 Å². The van der Waals surface area contributed by atoms with Gasteiger partial charge in [0, 0.05) is 12.3 Å². The van der Waals surface area contributed by atoms with Gasteiger partial charge in [-0.15, -0.1) is 0 Å². The van der Waals surface area contributed by atoms with Crippen LogP contribution in [0.15, 0.2) is 35.2 Å². The zero-order chi connectivity index (χ0) is 18.1. The first-order chi connectivity index (χ1) is 11.9. The van der Waals surface area contributed by atoms with Gasteiger partial charge in [-0.1, -0.05) is 23.7 Å². The predicted molar refractivity (Wildman–Crippen MR) is 107 cm³/mol. The number of aromatic nitrogens is 3. The van der Waals surface area contributed by atoms with Gasteiger partial charge in [-0.3, -0.25) is 8.55 Å². The van der Waals surface area contributed by atoms with E-state index < -0.39 is 17.2 Å². The summed E-state index contributed by atoms with van der Waals surface area (Å²) in [6, 6.07) is 8.56. The molecule has 0 saturated heterocycles. The lowest BCUT2D eigenvalue weighted by molar-refractivity contribution is 0.140. The summed E-state index contributed by atoms with van der Waals surface area (Å²) in [6.45, 7) is 0. The number of pyridine rings is 1. The van der Waals surface area contributed by atoms with Crippen molar-refractivity contribution in [2.45, 2.75) is 11.3 Å². The lowest BCUT2D eigenvalue weighted by atomic mass is 10.3. The van der Waals surface area contributed by atoms with Crippen molar-refractivity contribution in [1.82, 2.24) is 14.3 Å². The van der Waals surface area contributed by atoms with Crippen molar-refractivity contribution in [3.05, 3.63) is 41.3 Å². The summed E-state index contributed by atoms with van der Waals surface area (Å²) in [7, 11) is -1.22. The number of benzene rings is 1. The summed E-state index contributed by atoms with van der Waals surface area (Å²) >= 11 is 8.06. The second-order valence-corrected chi connectivity index (χ2v) is 8.73. The first kappa shape index (κ1) is 18.9. The Morgan fingerprint density at radius 2 is 2.04 bits per heavy atom. The second-order valence-electron chi connectivity index (χ2n) is 4.93. The minimum Gasteiger partial charge on any atom is -0.353 e. The van der Waals surface area contributed by atoms with Gasteiger partial charge in [0.05, 0.1) is 33.4 Å². The predicted octanol–water partition coefficient (Wildman–Crippen LogP) is 5.29. The number of hydrogen-bond acceptors (Lipinski definition) is 4. The van der Waals surface area contributed by atoms with Crippen molar-refractivity contribution >= 4 is 73.4 Å². The number of para-hydroxylation sites is 1. The third-order valence-corrected chi connectivity index (χ3v) is 6.58. The molecule has 0 aliphatic rings. The third kappa shape index (κ3) is 3.79. The van der Waals surface area contributed by atoms with Crippen molar-refractivity contribution in [1.29, 1.82) is 0 Å². The van der Waals surface area contributed by atoms with Gasteiger partial charge in [-0.2, -0.15) is 0 Å². The van der Waals surface area contributed by atoms with E-state index >= 15 is 0 Å². The highest BCUT2D eigenvalue weighted by Gasteiger charge is 2.22. The van der Waals surface area contributed by atoms with Gasteiger partial charge >= 0.3 is 0 Å². The van der Waals surface area contributed by atoms with Crippen molar-refractivity contribution < 1.29 is 13.0 Å². The van der Waals surface area contributed by atoms with Crippen molar-refractivity contribution in [2.24, 2.45) is 0 Å². The van der Waals surface area contributed by atoms with Gasteiger partial charge in [-0.05, 0) is 34.2 Å². The molecule has 0 fully saturated rings. The minimum atomic E-state index is -2.72. The Labute approximate surface area is 164 Å². The van der Waals surface area contributed by atoms with Gasteiger partial charge in [0.25, 0.3) is 6.43 Å². The van der Waals surface area contributed by atoms with E-state index in [1.807, 2.05) is 22.0 Å². The maximum Gasteiger partial charge on any atom is 0.295 e. The number of halogens is 4. The van der Waals surface area contributed by atoms with Crippen molar-refractivity contribution in [3.8, 4) is 0 Å². The molecule has 2 unspecified atom stereocenters. The summed E-state index contributed by atoms with van der Waals surface area (Å²) in [5.74, 6) is -0.354. The molecule has 0 spiro atoms. The van der Waals surface area contributed by atoms with Crippen LogP contribution < -0.4 is 5.32 Å². The van der Waals surface area contributed by atoms with Crippen LogP contribution in [-0.4, -0.2) is 24.8 Å². The molecule has 1 N–H and O–H groups in total. The van der Waals surface area contributed by atoms with Crippen LogP contribution in [0.5, 0.6) is 0 Å². The molecule has 2 aromatic heterocycles. The zero-order valence-electron chi connectivity index (χ0n) is 12.6. The fourth-order valence-corrected chi connectivity index (χ4v) is 5.11. The molecule has 3 rings (SSSR count). The minimum absolute atomic E-state index is 0.000837. The third-order valence-electron chi connectivity index (χ3n) is 3.36. The fraction of sp³-hybridized carbons (Fsp3) is 0.143. The number of hydrogen-bond donors (Lipinski definition) is 1. The standard InChI is InChI=1S/C14H11ClF2IN4OPS/c1-25(23)9-5-3-2-4-7(9)19-8-6-10(15)20-13-11(8)21-14(12(16)17)22(13)24-18/h2-6,12,24H,1H3,(H,19,20). The summed E-state index contributed by atoms with van der Waals surface area (Å²) in [5, 5.41) is 3.26. The van der Waals surface area contributed by atoms with E-state index in [4.69, 9.17) is 11.6 Å². The monoisotopic (exact) mass is 514 g/mol. The van der Waals surface area contributed by atoms with Crippen LogP contribution >= 0.6 is 40.0 Å². The Bertz CT molecular complexity index is 971. The summed E-state index contributed by atoms with van der Waals surface area (Å²) in [4.78, 5) is 8.79. The Kier molecular flexibility index (Phi) is 5.87. The van der Waals surface area contributed by atoms with Crippen LogP contribution in [0.3, 0.4) is 0 Å². The lowest BCUT2D eigenvalue weighted by Gasteiger charge is -2.11. The molecule has 2 atom stereocenters. The van der Waals surface area contributed by atoms with Crippen LogP contribution in [0.4, 0.5) is 20.2 Å². The van der Waals surface area contributed by atoms with E-state index in [1.54, 1.807) is 30.5 Å². The molecule has 0 bridgehead atoms. The normalized spacial score (nSPS) is 13.2. The Hall–Kier alpha value is -0.900. The average Bonchev–Trinajstić information content (AvgIpc) is 2.94.